The molecule has 5 heteroatoms. The summed E-state index contributed by atoms with van der Waals surface area (Å²) in [7, 11) is 0. The molecular formula is C18H24N4O. The van der Waals surface area contributed by atoms with E-state index in [9.17, 15) is 5.11 Å². The van der Waals surface area contributed by atoms with Crippen LogP contribution < -0.4 is 0 Å². The van der Waals surface area contributed by atoms with Crippen LogP contribution in [0.4, 0.5) is 0 Å². The highest BCUT2D eigenvalue weighted by atomic mass is 16.3. The van der Waals surface area contributed by atoms with E-state index in [2.05, 4.69) is 31.7 Å². The highest BCUT2D eigenvalue weighted by Gasteiger charge is 2.23. The second kappa shape index (κ2) is 6.54. The summed E-state index contributed by atoms with van der Waals surface area (Å²) < 4.78 is 2.22. The molecule has 0 saturated carbocycles. The van der Waals surface area contributed by atoms with Gasteiger partial charge in [-0.05, 0) is 32.3 Å². The Morgan fingerprint density at radius 3 is 2.87 bits per heavy atom. The molecule has 122 valence electrons. The third-order valence-corrected chi connectivity index (χ3v) is 4.24. The van der Waals surface area contributed by atoms with Crippen molar-refractivity contribution in [3.63, 3.8) is 0 Å². The molecule has 5 nitrogen and oxygen atoms in total. The third kappa shape index (κ3) is 2.65. The van der Waals surface area contributed by atoms with E-state index in [1.807, 2.05) is 26.1 Å². The van der Waals surface area contributed by atoms with E-state index in [0.29, 0.717) is 6.04 Å². The van der Waals surface area contributed by atoms with Crippen LogP contribution in [-0.4, -0.2) is 24.6 Å². The molecule has 0 aliphatic heterocycles. The zero-order valence-electron chi connectivity index (χ0n) is 14.0. The molecule has 3 heterocycles. The van der Waals surface area contributed by atoms with Gasteiger partial charge in [0.25, 0.3) is 0 Å². The summed E-state index contributed by atoms with van der Waals surface area (Å²) in [6, 6.07) is 2.39. The van der Waals surface area contributed by atoms with Gasteiger partial charge in [-0.1, -0.05) is 26.0 Å². The zero-order valence-corrected chi connectivity index (χ0v) is 14.0. The monoisotopic (exact) mass is 312 g/mol. The Balaban J connectivity index is 0.000000753. The lowest BCUT2D eigenvalue weighted by molar-refractivity contribution is 0.180. The Morgan fingerprint density at radius 1 is 1.35 bits per heavy atom. The van der Waals surface area contributed by atoms with Gasteiger partial charge in [0.2, 0.25) is 0 Å². The maximum absolute atomic E-state index is 10.1. The number of imidazole rings is 1. The molecule has 1 aliphatic rings. The van der Waals surface area contributed by atoms with Gasteiger partial charge >= 0.3 is 0 Å². The molecule has 2 N–H and O–H groups in total. The van der Waals surface area contributed by atoms with E-state index in [1.54, 1.807) is 13.1 Å². The molecule has 0 saturated heterocycles. The molecule has 0 bridgehead atoms. The predicted molar refractivity (Wildman–Crippen MR) is 93.4 cm³/mol. The lowest BCUT2D eigenvalue weighted by Crippen LogP contribution is -2.15. The van der Waals surface area contributed by atoms with Crippen molar-refractivity contribution in [1.82, 2.24) is 19.5 Å². The average Bonchev–Trinajstić information content (AvgIpc) is 3.21. The average molecular weight is 312 g/mol. The lowest BCUT2D eigenvalue weighted by Gasteiger charge is -2.23. The molecule has 23 heavy (non-hydrogen) atoms. The molecule has 3 aromatic rings. The van der Waals surface area contributed by atoms with Crippen LogP contribution in [0.15, 0.2) is 30.6 Å². The first-order valence-corrected chi connectivity index (χ1v) is 8.42. The fourth-order valence-electron chi connectivity index (χ4n) is 3.29. The van der Waals surface area contributed by atoms with Gasteiger partial charge in [-0.3, -0.25) is 0 Å². The van der Waals surface area contributed by atoms with Gasteiger partial charge in [0.05, 0.1) is 11.7 Å². The van der Waals surface area contributed by atoms with Crippen molar-refractivity contribution < 1.29 is 5.11 Å². The highest BCUT2D eigenvalue weighted by Crippen LogP contribution is 2.34. The number of nitrogens with zero attached hydrogens (tertiary/aromatic N) is 3. The van der Waals surface area contributed by atoms with Crippen LogP contribution in [-0.2, 0) is 0 Å². The van der Waals surface area contributed by atoms with Crippen LogP contribution >= 0.6 is 0 Å². The van der Waals surface area contributed by atoms with Gasteiger partial charge in [-0.15, -0.1) is 0 Å². The van der Waals surface area contributed by atoms with E-state index >= 15 is 0 Å². The number of fused-ring (bicyclic) bond motifs is 3. The van der Waals surface area contributed by atoms with Crippen LogP contribution in [0.3, 0.4) is 0 Å². The van der Waals surface area contributed by atoms with E-state index in [4.69, 9.17) is 0 Å². The Bertz CT molecular complexity index is 828. The van der Waals surface area contributed by atoms with Crippen LogP contribution in [0.25, 0.3) is 22.1 Å². The number of nitrogens with one attached hydrogen (secondary N) is 1. The van der Waals surface area contributed by atoms with Crippen LogP contribution in [0.2, 0.25) is 0 Å². The fraction of sp³-hybridized carbons (Fsp3) is 0.444. The molecule has 3 aromatic heterocycles. The highest BCUT2D eigenvalue weighted by molar-refractivity contribution is 6.01. The largest absolute Gasteiger partial charge is 0.385 e. The van der Waals surface area contributed by atoms with Gasteiger partial charge in [-0.2, -0.15) is 0 Å². The fourth-order valence-corrected chi connectivity index (χ4v) is 3.29. The van der Waals surface area contributed by atoms with Gasteiger partial charge in [0.1, 0.15) is 23.1 Å². The maximum Gasteiger partial charge on any atom is 0.139 e. The van der Waals surface area contributed by atoms with E-state index in [-0.39, 0.29) is 0 Å². The van der Waals surface area contributed by atoms with Gasteiger partial charge in [-0.25, -0.2) is 9.97 Å². The first-order chi connectivity index (χ1) is 11.3. The Morgan fingerprint density at radius 2 is 2.17 bits per heavy atom. The number of hydrogen-bond donors (Lipinski definition) is 2. The number of allylic oxidation sites excluding steroid dienone is 2. The summed E-state index contributed by atoms with van der Waals surface area (Å²) >= 11 is 0. The standard InChI is InChI=1S/C16H18N4O.C2H6/c1-10(21)16-19-13-9-18-15-12(7-8-17-15)14(13)20(16)11-5-3-2-4-6-11;1-2/h2-3,7-11,21H,4-6H2,1H3,(H,17,18);1-2H3. The molecule has 4 rings (SSSR count). The van der Waals surface area contributed by atoms with Crippen LogP contribution in [0, 0.1) is 0 Å². The maximum atomic E-state index is 10.1. The molecular weight excluding hydrogens is 288 g/mol. The van der Waals surface area contributed by atoms with E-state index in [0.717, 1.165) is 47.2 Å². The quantitative estimate of drug-likeness (QED) is 0.694. The molecule has 0 radical (unpaired) electrons. The summed E-state index contributed by atoms with van der Waals surface area (Å²) in [5, 5.41) is 11.2. The minimum atomic E-state index is -0.586. The van der Waals surface area contributed by atoms with Crippen molar-refractivity contribution >= 4 is 22.1 Å². The van der Waals surface area contributed by atoms with Gasteiger partial charge < -0.3 is 14.7 Å². The summed E-state index contributed by atoms with van der Waals surface area (Å²) in [5.41, 5.74) is 2.80. The molecule has 2 unspecified atom stereocenters. The molecule has 0 amide bonds. The predicted octanol–water partition coefficient (Wildman–Crippen LogP) is 4.27. The van der Waals surface area contributed by atoms with Crippen molar-refractivity contribution in [2.75, 3.05) is 0 Å². The van der Waals surface area contributed by atoms with Gasteiger partial charge in [0, 0.05) is 17.6 Å². The van der Waals surface area contributed by atoms with Crippen molar-refractivity contribution in [2.45, 2.75) is 52.2 Å². The number of aliphatic hydroxyl groups excluding tert-OH is 1. The van der Waals surface area contributed by atoms with Crippen molar-refractivity contribution in [1.29, 1.82) is 0 Å². The lowest BCUT2D eigenvalue weighted by atomic mass is 10.0. The summed E-state index contributed by atoms with van der Waals surface area (Å²) in [5.74, 6) is 0.737. The van der Waals surface area contributed by atoms with Crippen molar-refractivity contribution in [2.24, 2.45) is 0 Å². The first kappa shape index (κ1) is 15.7. The number of pyridine rings is 1. The molecule has 0 spiro atoms. The number of rotatable bonds is 2. The van der Waals surface area contributed by atoms with Gasteiger partial charge in [0.15, 0.2) is 0 Å². The summed E-state index contributed by atoms with van der Waals surface area (Å²) in [6.45, 7) is 5.78. The summed E-state index contributed by atoms with van der Waals surface area (Å²) in [4.78, 5) is 12.2. The Labute approximate surface area is 136 Å². The van der Waals surface area contributed by atoms with E-state index in [1.165, 1.54) is 0 Å². The Kier molecular flexibility index (Phi) is 4.48. The minimum absolute atomic E-state index is 0.352. The molecule has 2 atom stereocenters. The molecule has 0 aromatic carbocycles. The topological polar surface area (TPSA) is 66.7 Å². The van der Waals surface area contributed by atoms with E-state index < -0.39 is 6.10 Å². The molecule has 0 fully saturated rings. The number of H-pyrrole nitrogens is 1. The molecule has 1 aliphatic carbocycles. The first-order valence-electron chi connectivity index (χ1n) is 8.42. The Hall–Kier alpha value is -2.14. The van der Waals surface area contributed by atoms with Crippen molar-refractivity contribution in [3.8, 4) is 0 Å². The summed E-state index contributed by atoms with van der Waals surface area (Å²) in [6.07, 6.45) is 10.7. The van der Waals surface area contributed by atoms with Crippen LogP contribution in [0.5, 0.6) is 0 Å². The second-order valence-electron chi connectivity index (χ2n) is 5.69. The number of hydrogen-bond acceptors (Lipinski definition) is 3. The normalized spacial score (nSPS) is 18.9. The number of aliphatic hydroxyl groups is 1. The number of aromatic amines is 1. The van der Waals surface area contributed by atoms with Crippen molar-refractivity contribution in [3.05, 3.63) is 36.4 Å². The smallest absolute Gasteiger partial charge is 0.139 e. The number of aromatic nitrogens is 4. The second-order valence-corrected chi connectivity index (χ2v) is 5.69. The zero-order chi connectivity index (χ0) is 16.4. The third-order valence-electron chi connectivity index (χ3n) is 4.24. The minimum Gasteiger partial charge on any atom is -0.385 e. The SMILES string of the molecule is CC.CC(O)c1nc2cnc3[nH]ccc3c2n1C1CC=CCC1. The van der Waals surface area contributed by atoms with Crippen LogP contribution in [0.1, 0.15) is 58.0 Å².